The molecule has 5 heterocycles. The Morgan fingerprint density at radius 1 is 0.462 bits per heavy atom. The molecule has 2 N–H and O–H groups in total. The maximum Gasteiger partial charge on any atom is 0.302 e. The zero-order chi connectivity index (χ0) is 76.8. The molecule has 0 aromatic heterocycles. The van der Waals surface area contributed by atoms with E-state index in [1.54, 1.807) is 23.5 Å². The van der Waals surface area contributed by atoms with Gasteiger partial charge in [0.05, 0.1) is 50.8 Å². The minimum absolute atomic E-state index is 0.0250. The zero-order valence-corrected chi connectivity index (χ0v) is 67.1. The number of benzene rings is 7. The molecule has 7 aromatic rings. The highest BCUT2D eigenvalue weighted by molar-refractivity contribution is 8.00. The van der Waals surface area contributed by atoms with Crippen LogP contribution >= 0.6 is 35.3 Å². The molecular formula is C84H106B6O13S3. The van der Waals surface area contributed by atoms with Crippen molar-refractivity contribution < 1.29 is 62.4 Å². The maximum absolute atomic E-state index is 11.4. The molecule has 0 aliphatic carbocycles. The summed E-state index contributed by atoms with van der Waals surface area (Å²) in [4.78, 5) is 14.9. The molecule has 5 aliphatic rings. The number of fused-ring (bicyclic) bond motifs is 2. The number of carbonyl (C=O) groups is 1. The average molecular weight is 1480 g/mol. The Morgan fingerprint density at radius 2 is 0.821 bits per heavy atom. The van der Waals surface area contributed by atoms with Gasteiger partial charge < -0.3 is 57.6 Å². The summed E-state index contributed by atoms with van der Waals surface area (Å²) in [6.07, 6.45) is -6.00. The predicted octanol–water partition coefficient (Wildman–Crippen LogP) is 15.6. The highest BCUT2D eigenvalue weighted by Crippen LogP contribution is 2.47. The van der Waals surface area contributed by atoms with Crippen LogP contribution in [0.15, 0.2) is 191 Å². The van der Waals surface area contributed by atoms with E-state index >= 15 is 0 Å². The monoisotopic (exact) mass is 1480 g/mol. The molecule has 17 atom stereocenters. The molecule has 12 rings (SSSR count). The Bertz CT molecular complexity index is 3850. The van der Waals surface area contributed by atoms with Crippen molar-refractivity contribution in [2.45, 2.75) is 239 Å². The third-order valence-electron chi connectivity index (χ3n) is 20.0. The molecule has 8 unspecified atom stereocenters. The predicted molar refractivity (Wildman–Crippen MR) is 434 cm³/mol. The van der Waals surface area contributed by atoms with Crippen LogP contribution in [0, 0.1) is 38.5 Å². The van der Waals surface area contributed by atoms with Crippen molar-refractivity contribution in [2.24, 2.45) is 17.8 Å². The minimum Gasteiger partial charge on any atom is -0.463 e. The number of aliphatic hydroxyl groups excluding tert-OH is 2. The molecule has 106 heavy (non-hydrogen) atoms. The van der Waals surface area contributed by atoms with Gasteiger partial charge in [0.15, 0.2) is 12.6 Å². The first kappa shape index (κ1) is 85.0. The van der Waals surface area contributed by atoms with Crippen molar-refractivity contribution in [3.63, 3.8) is 0 Å². The molecule has 8 radical (unpaired) electrons. The highest BCUT2D eigenvalue weighted by Gasteiger charge is 2.51. The average Bonchev–Trinajstić information content (AvgIpc) is 0.782. The lowest BCUT2D eigenvalue weighted by atomic mass is 8.81. The van der Waals surface area contributed by atoms with Gasteiger partial charge >= 0.3 is 5.97 Å². The van der Waals surface area contributed by atoms with Crippen molar-refractivity contribution in [2.75, 3.05) is 19.8 Å². The van der Waals surface area contributed by atoms with Crippen LogP contribution in [0.3, 0.4) is 0 Å². The smallest absolute Gasteiger partial charge is 0.302 e. The van der Waals surface area contributed by atoms with E-state index in [0.29, 0.717) is 26.4 Å². The standard InChI is InChI=1S/C32H38O4S.C28H38O4S.C24H30O5S.B6/c1-21-16-17-25(32(3,4)5)18-27(21)37-31-29(33-19-23-12-8-6-9-13-23)22(2)28-26(35-31)20-34-30(36-28)24-14-10-7-11-15-24;1-18-13-14-23(28(5,6)7)15-25(18)33-27-26(31-16-22-11-9-8-10-12-22)20(3)19(2)24(32-27)17-30-21(4)29;1-14-10-11-16(24(2,3)4)12-18(14)30-23-20(26)19(25)21-17(28-23)13-27-22(29-21)15-8-6-5-7-9-15;1-5(2)6(3)4/h6-18,22,26,28-31H,19-20H2,1-5H3;8-15,19-20,24,26-27H,16-17H2,1-7H3;5-12,17,19-23,25-26H,13H2,1-4H3;/t22-,26?,28-,29?,30?,31-;19-,20-,24?,26?,27-;17?,19-,20?,21-,22?,23+;/m001./s1. The lowest BCUT2D eigenvalue weighted by Gasteiger charge is -2.48. The summed E-state index contributed by atoms with van der Waals surface area (Å²) in [6, 6.07) is 60.1. The number of thioether (sulfide) groups is 3. The van der Waals surface area contributed by atoms with Crippen LogP contribution in [0.5, 0.6) is 0 Å². The minimum atomic E-state index is -1.07. The summed E-state index contributed by atoms with van der Waals surface area (Å²) >= 11 is 4.93. The first-order valence-corrected chi connectivity index (χ1v) is 39.6. The fourth-order valence-corrected chi connectivity index (χ4v) is 16.8. The van der Waals surface area contributed by atoms with E-state index in [0.717, 1.165) is 32.7 Å². The van der Waals surface area contributed by atoms with Crippen LogP contribution in [0.4, 0.5) is 0 Å². The first-order chi connectivity index (χ1) is 50.2. The summed E-state index contributed by atoms with van der Waals surface area (Å²) in [7, 11) is 19.9. The quantitative estimate of drug-likeness (QED) is 0.0657. The van der Waals surface area contributed by atoms with E-state index in [-0.39, 0.29) is 88.0 Å². The second-order valence-electron chi connectivity index (χ2n) is 31.6. The number of hydrogen-bond acceptors (Lipinski definition) is 16. The molecule has 0 spiro atoms. The number of ether oxygens (including phenoxy) is 10. The lowest BCUT2D eigenvalue weighted by molar-refractivity contribution is -0.318. The van der Waals surface area contributed by atoms with Gasteiger partial charge in [0.2, 0.25) is 0 Å². The summed E-state index contributed by atoms with van der Waals surface area (Å²) in [5.41, 5.74) is 10.8. The van der Waals surface area contributed by atoms with Gasteiger partial charge in [0, 0.05) is 82.4 Å². The third-order valence-corrected chi connectivity index (χ3v) is 23.9. The van der Waals surface area contributed by atoms with Gasteiger partial charge in [-0.1, -0.05) is 276 Å². The number of aryl methyl sites for hydroxylation is 3. The fourth-order valence-electron chi connectivity index (χ4n) is 12.8. The number of hydrogen-bond donors (Lipinski definition) is 2. The van der Waals surface area contributed by atoms with E-state index < -0.39 is 55.2 Å². The van der Waals surface area contributed by atoms with Crippen LogP contribution in [-0.4, -0.2) is 151 Å². The van der Waals surface area contributed by atoms with Crippen molar-refractivity contribution in [1.29, 1.82) is 0 Å². The molecule has 5 fully saturated rings. The number of esters is 1. The molecule has 556 valence electrons. The first-order valence-electron chi connectivity index (χ1n) is 37.0. The van der Waals surface area contributed by atoms with Gasteiger partial charge in [-0.15, -0.1) is 0 Å². The third kappa shape index (κ3) is 23.5. The van der Waals surface area contributed by atoms with Gasteiger partial charge in [0.1, 0.15) is 53.4 Å². The fraction of sp³-hybridized carbons (Fsp3) is 0.488. The van der Waals surface area contributed by atoms with E-state index in [9.17, 15) is 15.0 Å². The van der Waals surface area contributed by atoms with Crippen molar-refractivity contribution in [3.8, 4) is 0 Å². The maximum atomic E-state index is 11.4. The molecule has 22 heteroatoms. The highest BCUT2D eigenvalue weighted by atomic mass is 32.2. The Labute approximate surface area is 651 Å². The van der Waals surface area contributed by atoms with Crippen molar-refractivity contribution in [3.05, 3.63) is 232 Å². The number of rotatable bonds is 17. The van der Waals surface area contributed by atoms with Crippen LogP contribution in [0.1, 0.15) is 158 Å². The number of aliphatic hydroxyl groups is 2. The molecular weight excluding hydrogens is 1380 g/mol. The van der Waals surface area contributed by atoms with Crippen LogP contribution in [0.25, 0.3) is 0 Å². The van der Waals surface area contributed by atoms with Crippen LogP contribution < -0.4 is 0 Å². The second-order valence-corrected chi connectivity index (χ2v) is 35.0. The van der Waals surface area contributed by atoms with E-state index in [1.165, 1.54) is 56.3 Å². The Morgan fingerprint density at radius 3 is 1.22 bits per heavy atom. The molecule has 5 aliphatic heterocycles. The molecule has 0 amide bonds. The van der Waals surface area contributed by atoms with E-state index in [2.05, 4.69) is 188 Å². The Balaban J connectivity index is 0.000000178. The SMILES string of the molecule is CC(=O)OCC1O[C@@H](Sc2cc(C(C)(C)C)ccc2C)C(OCc2ccccc2)[C@@H](C)[C@@H]1C.Cc1ccc(C(C)(C)C)cc1S[C@@H]1OC2COC(c3ccccc3)O[C@H]2[C@H](C)C1OCc1ccccc1.Cc1ccc(C(C)(C)C)cc1S[C@@H]1OC2COC(c3ccccc3)O[C@H]2[C@H](O)C1O.[B]B([B])B([B])[B]. The van der Waals surface area contributed by atoms with Gasteiger partial charge in [0.25, 0.3) is 0 Å². The molecule has 0 saturated carbocycles. The number of carbonyl (C=O) groups excluding carboxylic acids is 1. The van der Waals surface area contributed by atoms with Crippen LogP contribution in [0.2, 0.25) is 0 Å². The second kappa shape index (κ2) is 38.8. The van der Waals surface area contributed by atoms with E-state index in [1.807, 2.05) is 91.9 Å². The Hall–Kier alpha value is -4.99. The normalized spacial score (nSPS) is 27.2. The molecule has 7 aromatic carbocycles. The summed E-state index contributed by atoms with van der Waals surface area (Å²) < 4.78 is 62.4. The largest absolute Gasteiger partial charge is 0.463 e. The topological polar surface area (TPSA) is 150 Å². The Kier molecular flexibility index (Phi) is 31.1. The molecule has 13 nitrogen and oxygen atoms in total. The van der Waals surface area contributed by atoms with E-state index in [4.69, 9.17) is 78.3 Å². The van der Waals surface area contributed by atoms with Crippen LogP contribution in [-0.2, 0) is 81.6 Å². The lowest BCUT2D eigenvalue weighted by Crippen LogP contribution is -2.60. The van der Waals surface area contributed by atoms with Gasteiger partial charge in [-0.25, -0.2) is 0 Å². The summed E-state index contributed by atoms with van der Waals surface area (Å²) in [5.74, 6) is 0.288. The van der Waals surface area contributed by atoms with Gasteiger partial charge in [-0.2, -0.15) is 0 Å². The van der Waals surface area contributed by atoms with Gasteiger partial charge in [-0.3, -0.25) is 4.79 Å². The van der Waals surface area contributed by atoms with Crippen molar-refractivity contribution in [1.82, 2.24) is 0 Å². The summed E-state index contributed by atoms with van der Waals surface area (Å²) in [6.45, 7) is 36.5. The zero-order valence-electron chi connectivity index (χ0n) is 64.7. The molecule has 5 saturated heterocycles. The molecule has 0 bridgehead atoms. The van der Waals surface area contributed by atoms with Gasteiger partial charge in [-0.05, 0) is 112 Å². The summed E-state index contributed by atoms with van der Waals surface area (Å²) in [5, 5.41) is 21.6. The van der Waals surface area contributed by atoms with Crippen molar-refractivity contribution >= 4 is 85.0 Å².